The number of amides is 2. The Morgan fingerprint density at radius 2 is 1.66 bits per heavy atom. The summed E-state index contributed by atoms with van der Waals surface area (Å²) in [5, 5.41) is 5.93. The first-order valence-corrected chi connectivity index (χ1v) is 16.3. The van der Waals surface area contributed by atoms with Crippen molar-refractivity contribution in [3.8, 4) is 11.1 Å². The summed E-state index contributed by atoms with van der Waals surface area (Å²) in [4.78, 5) is 28.0. The molecular weight excluding hydrogens is 546 g/mol. The molecular formula is C38H47N3O3. The van der Waals surface area contributed by atoms with Gasteiger partial charge in [-0.25, -0.2) is 4.79 Å². The molecule has 2 N–H and O–H groups in total. The van der Waals surface area contributed by atoms with Crippen LogP contribution in [-0.2, 0) is 23.0 Å². The zero-order valence-electron chi connectivity index (χ0n) is 26.9. The van der Waals surface area contributed by atoms with E-state index in [0.29, 0.717) is 24.2 Å². The van der Waals surface area contributed by atoms with Crippen molar-refractivity contribution in [2.45, 2.75) is 83.8 Å². The molecule has 6 heteroatoms. The van der Waals surface area contributed by atoms with Crippen LogP contribution in [0.2, 0.25) is 0 Å². The number of benzene rings is 3. The molecule has 3 atom stereocenters. The summed E-state index contributed by atoms with van der Waals surface area (Å²) in [7, 11) is 0. The van der Waals surface area contributed by atoms with E-state index in [1.807, 2.05) is 51.1 Å². The molecule has 44 heavy (non-hydrogen) atoms. The number of nitrogens with one attached hydrogen (secondary N) is 2. The van der Waals surface area contributed by atoms with E-state index in [1.54, 1.807) is 0 Å². The first-order valence-electron chi connectivity index (χ1n) is 16.3. The van der Waals surface area contributed by atoms with Crippen LogP contribution in [0.1, 0.15) is 80.9 Å². The quantitative estimate of drug-likeness (QED) is 0.282. The van der Waals surface area contributed by atoms with Crippen LogP contribution in [0.15, 0.2) is 66.7 Å². The lowest BCUT2D eigenvalue weighted by Crippen LogP contribution is -2.58. The second kappa shape index (κ2) is 12.0. The molecule has 2 aliphatic carbocycles. The molecule has 2 fully saturated rings. The van der Waals surface area contributed by atoms with Gasteiger partial charge in [-0.1, -0.05) is 56.3 Å². The SMILES string of the molecule is CC1C2Cc3ccc(C(=O)NCCc4ccc(-c5ccc(NC(=O)OC(C)(C)C)cc5)cc4)cc3C1(C)CCN2CC1CC1. The molecule has 1 aliphatic heterocycles. The number of hydrogen-bond acceptors (Lipinski definition) is 4. The van der Waals surface area contributed by atoms with Crippen molar-refractivity contribution in [3.63, 3.8) is 0 Å². The van der Waals surface area contributed by atoms with Gasteiger partial charge in [-0.2, -0.15) is 0 Å². The third-order valence-corrected chi connectivity index (χ3v) is 10.1. The molecule has 3 aliphatic rings. The lowest BCUT2D eigenvalue weighted by atomic mass is 9.59. The molecule has 1 heterocycles. The molecule has 6 nitrogen and oxygen atoms in total. The summed E-state index contributed by atoms with van der Waals surface area (Å²) in [6, 6.07) is 23.2. The highest BCUT2D eigenvalue weighted by Gasteiger charge is 2.49. The fourth-order valence-electron chi connectivity index (χ4n) is 7.16. The molecule has 0 aromatic heterocycles. The summed E-state index contributed by atoms with van der Waals surface area (Å²) >= 11 is 0. The Kier molecular flexibility index (Phi) is 8.31. The minimum Gasteiger partial charge on any atom is -0.444 e. The summed E-state index contributed by atoms with van der Waals surface area (Å²) in [5.74, 6) is 1.52. The van der Waals surface area contributed by atoms with Crippen molar-refractivity contribution in [3.05, 3.63) is 89.0 Å². The van der Waals surface area contributed by atoms with Crippen molar-refractivity contribution in [2.75, 3.05) is 25.0 Å². The van der Waals surface area contributed by atoms with Crippen molar-refractivity contribution in [2.24, 2.45) is 11.8 Å². The number of hydrogen-bond donors (Lipinski definition) is 2. The van der Waals surface area contributed by atoms with Crippen molar-refractivity contribution in [1.29, 1.82) is 0 Å². The highest BCUT2D eigenvalue weighted by molar-refractivity contribution is 5.94. The molecule has 3 aromatic rings. The molecule has 232 valence electrons. The summed E-state index contributed by atoms with van der Waals surface area (Å²) in [6.45, 7) is 13.4. The standard InChI is InChI=1S/C38H47N3O3/c1-25-34-23-30-12-13-31(22-33(30)38(25,5)19-21-41(34)24-27-6-7-27)35(42)39-20-18-26-8-10-28(11-9-26)29-14-16-32(17-15-29)40-36(43)44-37(2,3)4/h8-17,22,25,27,34H,6-7,18-21,23-24H2,1-5H3,(H,39,42)(H,40,43). The average molecular weight is 594 g/mol. The molecule has 2 bridgehead atoms. The number of likely N-dealkylation sites (tertiary alicyclic amines) is 1. The number of carbonyl (C=O) groups is 2. The van der Waals surface area contributed by atoms with Crippen LogP contribution < -0.4 is 10.6 Å². The number of nitrogens with zero attached hydrogens (tertiary/aromatic N) is 1. The number of rotatable bonds is 8. The van der Waals surface area contributed by atoms with Crippen LogP contribution in [0, 0.1) is 11.8 Å². The normalized spacial score (nSPS) is 23.0. The predicted molar refractivity (Wildman–Crippen MR) is 177 cm³/mol. The smallest absolute Gasteiger partial charge is 0.412 e. The molecule has 2 amide bonds. The minimum atomic E-state index is -0.538. The largest absolute Gasteiger partial charge is 0.444 e. The van der Waals surface area contributed by atoms with Gasteiger partial charge in [0.2, 0.25) is 0 Å². The fourth-order valence-corrected chi connectivity index (χ4v) is 7.16. The Labute approximate surface area is 262 Å². The van der Waals surface area contributed by atoms with Crippen LogP contribution in [0.3, 0.4) is 0 Å². The number of ether oxygens (including phenoxy) is 1. The monoisotopic (exact) mass is 593 g/mol. The van der Waals surface area contributed by atoms with Crippen LogP contribution in [0.25, 0.3) is 11.1 Å². The van der Waals surface area contributed by atoms with E-state index in [1.165, 1.54) is 49.0 Å². The summed E-state index contributed by atoms with van der Waals surface area (Å²) in [6.07, 6.45) is 5.38. The van der Waals surface area contributed by atoms with Crippen molar-refractivity contribution in [1.82, 2.24) is 10.2 Å². The van der Waals surface area contributed by atoms with E-state index in [-0.39, 0.29) is 11.3 Å². The lowest BCUT2D eigenvalue weighted by Gasteiger charge is -2.55. The van der Waals surface area contributed by atoms with Gasteiger partial charge < -0.3 is 10.1 Å². The second-order valence-electron chi connectivity index (χ2n) is 14.4. The van der Waals surface area contributed by atoms with Gasteiger partial charge in [-0.3, -0.25) is 15.0 Å². The Balaban J connectivity index is 1.02. The summed E-state index contributed by atoms with van der Waals surface area (Å²) in [5.41, 5.74) is 7.22. The first kappa shape index (κ1) is 30.4. The number of carbonyl (C=O) groups excluding carboxylic acids is 2. The zero-order valence-corrected chi connectivity index (χ0v) is 26.9. The van der Waals surface area contributed by atoms with Crippen LogP contribution in [0.5, 0.6) is 0 Å². The Bertz CT molecular complexity index is 1500. The maximum absolute atomic E-state index is 13.2. The van der Waals surface area contributed by atoms with Gasteiger partial charge in [0.25, 0.3) is 5.91 Å². The van der Waals surface area contributed by atoms with E-state index < -0.39 is 11.7 Å². The highest BCUT2D eigenvalue weighted by Crippen LogP contribution is 2.49. The van der Waals surface area contributed by atoms with Gasteiger partial charge in [0, 0.05) is 30.4 Å². The average Bonchev–Trinajstić information content (AvgIpc) is 3.80. The Hall–Kier alpha value is -3.64. The van der Waals surface area contributed by atoms with E-state index in [0.717, 1.165) is 35.4 Å². The fraction of sp³-hybridized carbons (Fsp3) is 0.474. The maximum Gasteiger partial charge on any atom is 0.412 e. The van der Waals surface area contributed by atoms with Gasteiger partial charge in [0.05, 0.1) is 0 Å². The third-order valence-electron chi connectivity index (χ3n) is 10.1. The Morgan fingerprint density at radius 1 is 0.977 bits per heavy atom. The molecule has 0 spiro atoms. The van der Waals surface area contributed by atoms with E-state index in [2.05, 4.69) is 65.8 Å². The molecule has 6 rings (SSSR count). The number of piperidine rings is 1. The zero-order chi connectivity index (χ0) is 31.1. The maximum atomic E-state index is 13.2. The van der Waals surface area contributed by atoms with Gasteiger partial charge in [-0.05, 0) is 129 Å². The lowest BCUT2D eigenvalue weighted by molar-refractivity contribution is 0.0284. The topological polar surface area (TPSA) is 70.7 Å². The highest BCUT2D eigenvalue weighted by atomic mass is 16.6. The molecule has 3 unspecified atom stereocenters. The molecule has 1 saturated carbocycles. The second-order valence-corrected chi connectivity index (χ2v) is 14.4. The van der Waals surface area contributed by atoms with Crippen LogP contribution in [0.4, 0.5) is 10.5 Å². The van der Waals surface area contributed by atoms with Crippen LogP contribution in [-0.4, -0.2) is 48.2 Å². The van der Waals surface area contributed by atoms with Gasteiger partial charge in [0.1, 0.15) is 5.60 Å². The van der Waals surface area contributed by atoms with Gasteiger partial charge in [0.15, 0.2) is 0 Å². The minimum absolute atomic E-state index is 0.00838. The van der Waals surface area contributed by atoms with E-state index in [4.69, 9.17) is 4.74 Å². The van der Waals surface area contributed by atoms with Crippen molar-refractivity contribution >= 4 is 17.7 Å². The third kappa shape index (κ3) is 6.71. The van der Waals surface area contributed by atoms with Gasteiger partial charge in [-0.15, -0.1) is 0 Å². The van der Waals surface area contributed by atoms with E-state index in [9.17, 15) is 9.59 Å². The van der Waals surface area contributed by atoms with E-state index >= 15 is 0 Å². The van der Waals surface area contributed by atoms with Gasteiger partial charge >= 0.3 is 6.09 Å². The van der Waals surface area contributed by atoms with Crippen LogP contribution >= 0.6 is 0 Å². The Morgan fingerprint density at radius 3 is 2.32 bits per heavy atom. The number of fused-ring (bicyclic) bond motifs is 4. The predicted octanol–water partition coefficient (Wildman–Crippen LogP) is 7.61. The summed E-state index contributed by atoms with van der Waals surface area (Å²) < 4.78 is 5.32. The number of anilines is 1. The first-order chi connectivity index (χ1) is 21.0. The van der Waals surface area contributed by atoms with Crippen molar-refractivity contribution < 1.29 is 14.3 Å². The molecule has 3 aromatic carbocycles. The molecule has 1 saturated heterocycles. The molecule has 0 radical (unpaired) electrons.